The van der Waals surface area contributed by atoms with Crippen molar-refractivity contribution in [3.63, 3.8) is 0 Å². The summed E-state index contributed by atoms with van der Waals surface area (Å²) < 4.78 is 38.6. The summed E-state index contributed by atoms with van der Waals surface area (Å²) in [4.78, 5) is 0.170. The van der Waals surface area contributed by atoms with Crippen LogP contribution in [0.25, 0.3) is 11.5 Å². The van der Waals surface area contributed by atoms with Gasteiger partial charge >= 0.3 is 0 Å². The highest BCUT2D eigenvalue weighted by molar-refractivity contribution is 7.89. The number of nitrogens with zero attached hydrogens (tertiary/aromatic N) is 3. The second-order valence-electron chi connectivity index (χ2n) is 6.17. The van der Waals surface area contributed by atoms with Gasteiger partial charge in [-0.2, -0.15) is 4.31 Å². The molecule has 0 aliphatic carbocycles. The number of furan rings is 1. The smallest absolute Gasteiger partial charge is 0.247 e. The van der Waals surface area contributed by atoms with Crippen molar-refractivity contribution in [2.75, 3.05) is 0 Å². The van der Waals surface area contributed by atoms with Crippen LogP contribution < -0.4 is 0 Å². The lowest BCUT2D eigenvalue weighted by Gasteiger charge is -2.19. The molecule has 0 bridgehead atoms. The van der Waals surface area contributed by atoms with Gasteiger partial charge in [-0.3, -0.25) is 0 Å². The van der Waals surface area contributed by atoms with Gasteiger partial charge in [0.05, 0.1) is 24.2 Å². The van der Waals surface area contributed by atoms with Gasteiger partial charge in [-0.15, -0.1) is 10.2 Å². The summed E-state index contributed by atoms with van der Waals surface area (Å²) in [5, 5.41) is 8.61. The van der Waals surface area contributed by atoms with E-state index in [1.165, 1.54) is 22.7 Å². The molecule has 4 rings (SSSR count). The van der Waals surface area contributed by atoms with E-state index in [1.807, 2.05) is 0 Å². The Balaban J connectivity index is 1.63. The maximum Gasteiger partial charge on any atom is 0.247 e. The molecule has 0 spiro atoms. The Bertz CT molecular complexity index is 1170. The van der Waals surface area contributed by atoms with E-state index in [0.29, 0.717) is 16.3 Å². The fraction of sp³-hybridized carbons (Fsp3) is 0.100. The van der Waals surface area contributed by atoms with E-state index < -0.39 is 10.0 Å². The van der Waals surface area contributed by atoms with Crippen LogP contribution in [0.3, 0.4) is 0 Å². The largest absolute Gasteiger partial charge is 0.468 e. The van der Waals surface area contributed by atoms with Gasteiger partial charge in [-0.25, -0.2) is 8.42 Å². The Morgan fingerprint density at radius 1 is 0.897 bits per heavy atom. The number of hydrogen-bond acceptors (Lipinski definition) is 6. The van der Waals surface area contributed by atoms with Crippen LogP contribution in [0.4, 0.5) is 0 Å². The molecule has 0 saturated heterocycles. The highest BCUT2D eigenvalue weighted by Gasteiger charge is 2.27. The monoisotopic (exact) mass is 429 g/mol. The first kappa shape index (κ1) is 19.4. The van der Waals surface area contributed by atoms with Crippen molar-refractivity contribution >= 4 is 21.6 Å². The second-order valence-corrected chi connectivity index (χ2v) is 8.55. The average Bonchev–Trinajstić information content (AvgIpc) is 3.41. The van der Waals surface area contributed by atoms with Crippen molar-refractivity contribution in [3.8, 4) is 11.5 Å². The summed E-state index contributed by atoms with van der Waals surface area (Å²) in [6.45, 7) is -0.0681. The van der Waals surface area contributed by atoms with E-state index in [4.69, 9.17) is 20.4 Å². The van der Waals surface area contributed by atoms with E-state index in [1.54, 1.807) is 54.6 Å². The van der Waals surface area contributed by atoms with Crippen molar-refractivity contribution in [2.45, 2.75) is 18.0 Å². The highest BCUT2D eigenvalue weighted by Crippen LogP contribution is 2.24. The fourth-order valence-electron chi connectivity index (χ4n) is 2.72. The predicted molar refractivity (Wildman–Crippen MR) is 106 cm³/mol. The molecule has 0 amide bonds. The van der Waals surface area contributed by atoms with Gasteiger partial charge in [0, 0.05) is 10.6 Å². The van der Waals surface area contributed by atoms with Crippen molar-refractivity contribution in [2.24, 2.45) is 0 Å². The molecular formula is C20H16ClN3O4S. The van der Waals surface area contributed by atoms with Gasteiger partial charge in [0.2, 0.25) is 21.8 Å². The van der Waals surface area contributed by atoms with Gasteiger partial charge in [0.25, 0.3) is 0 Å². The van der Waals surface area contributed by atoms with Gasteiger partial charge in [-0.05, 0) is 48.5 Å². The Hall–Kier alpha value is -2.94. The third-order valence-corrected chi connectivity index (χ3v) is 6.22. The lowest BCUT2D eigenvalue weighted by Crippen LogP contribution is -2.30. The maximum absolute atomic E-state index is 13.2. The van der Waals surface area contributed by atoms with E-state index in [9.17, 15) is 8.42 Å². The number of halogens is 1. The van der Waals surface area contributed by atoms with Crippen LogP contribution >= 0.6 is 11.6 Å². The molecule has 0 unspecified atom stereocenters. The molecule has 2 heterocycles. The van der Waals surface area contributed by atoms with Crippen LogP contribution in [0.1, 0.15) is 11.7 Å². The predicted octanol–water partition coefficient (Wildman–Crippen LogP) is 4.37. The molecule has 0 fully saturated rings. The highest BCUT2D eigenvalue weighted by atomic mass is 35.5. The van der Waals surface area contributed by atoms with Crippen LogP contribution in [0, 0.1) is 0 Å². The number of sulfonamides is 1. The SMILES string of the molecule is O=S(=O)(c1ccccc1)N(Cc1ccco1)Cc1nnc(-c2ccc(Cl)cc2)o1. The third-order valence-electron chi connectivity index (χ3n) is 4.16. The zero-order valence-corrected chi connectivity index (χ0v) is 16.7. The van der Waals surface area contributed by atoms with Crippen molar-refractivity contribution in [3.05, 3.63) is 89.7 Å². The van der Waals surface area contributed by atoms with Gasteiger partial charge in [-0.1, -0.05) is 29.8 Å². The maximum atomic E-state index is 13.2. The summed E-state index contributed by atoms with van der Waals surface area (Å²) in [5.41, 5.74) is 0.691. The zero-order valence-electron chi connectivity index (χ0n) is 15.1. The first-order valence-corrected chi connectivity index (χ1v) is 10.5. The molecule has 2 aromatic carbocycles. The minimum atomic E-state index is -3.81. The second kappa shape index (κ2) is 8.20. The molecule has 148 valence electrons. The number of rotatable bonds is 7. The lowest BCUT2D eigenvalue weighted by molar-refractivity contribution is 0.326. The summed E-state index contributed by atoms with van der Waals surface area (Å²) in [6.07, 6.45) is 1.49. The van der Waals surface area contributed by atoms with E-state index in [-0.39, 0.29) is 29.8 Å². The van der Waals surface area contributed by atoms with Crippen LogP contribution in [-0.2, 0) is 23.1 Å². The van der Waals surface area contributed by atoms with E-state index >= 15 is 0 Å². The molecule has 0 radical (unpaired) electrons. The Morgan fingerprint density at radius 2 is 1.66 bits per heavy atom. The summed E-state index contributed by atoms with van der Waals surface area (Å²) >= 11 is 5.90. The summed E-state index contributed by atoms with van der Waals surface area (Å²) in [7, 11) is -3.81. The standard InChI is InChI=1S/C20H16ClN3O4S/c21-16-10-8-15(9-11-16)20-23-22-19(28-20)14-24(13-17-5-4-12-27-17)29(25,26)18-6-2-1-3-7-18/h1-12H,13-14H2. The Kier molecular flexibility index (Phi) is 5.48. The molecule has 9 heteroatoms. The van der Waals surface area contributed by atoms with E-state index in [0.717, 1.165) is 0 Å². The summed E-state index contributed by atoms with van der Waals surface area (Å²) in [5.74, 6) is 0.953. The van der Waals surface area contributed by atoms with Crippen LogP contribution in [0.2, 0.25) is 5.02 Å². The minimum absolute atomic E-state index is 0.0306. The number of hydrogen-bond donors (Lipinski definition) is 0. The quantitative estimate of drug-likeness (QED) is 0.433. The van der Waals surface area contributed by atoms with E-state index in [2.05, 4.69) is 10.2 Å². The topological polar surface area (TPSA) is 89.4 Å². The molecule has 0 saturated carbocycles. The molecule has 4 aromatic rings. The normalized spacial score (nSPS) is 11.8. The first-order valence-electron chi connectivity index (χ1n) is 8.68. The molecule has 7 nitrogen and oxygen atoms in total. The van der Waals surface area contributed by atoms with Crippen LogP contribution in [0.5, 0.6) is 0 Å². The average molecular weight is 430 g/mol. The Labute approximate surface area is 172 Å². The molecule has 2 aromatic heterocycles. The van der Waals surface area contributed by atoms with Crippen LogP contribution in [-0.4, -0.2) is 22.9 Å². The molecule has 0 N–H and O–H groups in total. The molecule has 0 aliphatic heterocycles. The number of benzene rings is 2. The fourth-order valence-corrected chi connectivity index (χ4v) is 4.22. The van der Waals surface area contributed by atoms with Gasteiger partial charge in [0.1, 0.15) is 5.76 Å². The molecule has 0 atom stereocenters. The molecular weight excluding hydrogens is 414 g/mol. The van der Waals surface area contributed by atoms with Crippen molar-refractivity contribution in [1.29, 1.82) is 0 Å². The molecule has 0 aliphatic rings. The molecule has 29 heavy (non-hydrogen) atoms. The zero-order chi connectivity index (χ0) is 20.3. The van der Waals surface area contributed by atoms with Crippen molar-refractivity contribution in [1.82, 2.24) is 14.5 Å². The number of aromatic nitrogens is 2. The van der Waals surface area contributed by atoms with Gasteiger partial charge in [0.15, 0.2) is 0 Å². The minimum Gasteiger partial charge on any atom is -0.468 e. The van der Waals surface area contributed by atoms with Crippen molar-refractivity contribution < 1.29 is 17.3 Å². The lowest BCUT2D eigenvalue weighted by atomic mass is 10.2. The van der Waals surface area contributed by atoms with Gasteiger partial charge < -0.3 is 8.83 Å². The third kappa shape index (κ3) is 4.40. The van der Waals surface area contributed by atoms with Crippen LogP contribution in [0.15, 0.2) is 86.7 Å². The first-order chi connectivity index (χ1) is 14.0. The summed E-state index contributed by atoms with van der Waals surface area (Å²) in [6, 6.07) is 18.5. The Morgan fingerprint density at radius 3 is 2.34 bits per heavy atom.